The van der Waals surface area contributed by atoms with Gasteiger partial charge in [-0.25, -0.2) is 14.4 Å². The van der Waals surface area contributed by atoms with E-state index in [1.165, 1.54) is 44.6 Å². The lowest BCUT2D eigenvalue weighted by Gasteiger charge is -2.30. The van der Waals surface area contributed by atoms with Gasteiger partial charge in [-0.3, -0.25) is 14.4 Å². The fourth-order valence-electron chi connectivity index (χ4n) is 4.76. The Morgan fingerprint density at radius 2 is 1.49 bits per heavy atom. The summed E-state index contributed by atoms with van der Waals surface area (Å²) in [6.07, 6.45) is -1.15. The van der Waals surface area contributed by atoms with Crippen LogP contribution in [-0.2, 0) is 14.4 Å². The molecule has 0 N–H and O–H groups in total. The monoisotopic (exact) mass is 478 g/mol. The lowest BCUT2D eigenvalue weighted by atomic mass is 9.89. The van der Waals surface area contributed by atoms with Gasteiger partial charge in [-0.1, -0.05) is 30.3 Å². The van der Waals surface area contributed by atoms with Crippen molar-refractivity contribution in [1.29, 1.82) is 0 Å². The molecule has 3 atom stereocenters. The Hall–Kier alpha value is -4.11. The van der Waals surface area contributed by atoms with E-state index in [0.29, 0.717) is 28.5 Å². The number of imide groups is 1. The van der Waals surface area contributed by atoms with Crippen LogP contribution in [0.25, 0.3) is 0 Å². The molecule has 0 spiro atoms. The van der Waals surface area contributed by atoms with Crippen LogP contribution in [0.1, 0.15) is 11.6 Å². The molecule has 180 valence electrons. The molecule has 0 radical (unpaired) electrons. The van der Waals surface area contributed by atoms with Gasteiger partial charge in [0.05, 0.1) is 32.7 Å². The molecule has 2 aliphatic heterocycles. The van der Waals surface area contributed by atoms with Gasteiger partial charge in [0.25, 0.3) is 5.91 Å². The number of hydrogen-bond donors (Lipinski definition) is 0. The van der Waals surface area contributed by atoms with Gasteiger partial charge < -0.3 is 14.2 Å². The predicted molar refractivity (Wildman–Crippen MR) is 125 cm³/mol. The summed E-state index contributed by atoms with van der Waals surface area (Å²) in [6.45, 7) is 0. The van der Waals surface area contributed by atoms with Gasteiger partial charge in [0.15, 0.2) is 17.6 Å². The van der Waals surface area contributed by atoms with E-state index in [1.54, 1.807) is 18.2 Å². The van der Waals surface area contributed by atoms with Crippen molar-refractivity contribution in [2.75, 3.05) is 31.3 Å². The minimum absolute atomic E-state index is 0.107. The van der Waals surface area contributed by atoms with Crippen LogP contribution in [0.3, 0.4) is 0 Å². The molecule has 0 aromatic heterocycles. The summed E-state index contributed by atoms with van der Waals surface area (Å²) >= 11 is 0. The zero-order valence-electron chi connectivity index (χ0n) is 19.3. The van der Waals surface area contributed by atoms with Crippen molar-refractivity contribution < 1.29 is 33.0 Å². The smallest absolute Gasteiger partial charge is 0.266 e. The number of rotatable bonds is 6. The number of anilines is 2. The Balaban J connectivity index is 1.67. The molecule has 0 saturated carbocycles. The third-order valence-electron chi connectivity index (χ3n) is 6.27. The lowest BCUT2D eigenvalue weighted by molar-refractivity contribution is -0.126. The van der Waals surface area contributed by atoms with Gasteiger partial charge in [0.2, 0.25) is 11.7 Å². The standard InChI is InChI=1S/C26H23FN2O6/c1-32-19-14-13-16(22(33-2)23(19)34-3)21-20-24(35-29(21)15-9-5-4-6-10-15)26(31)28(25(20)30)18-12-8-7-11-17(18)27/h4-14,20-21,24H,1-3H3/t20-,21-,24-/m1/s1. The highest BCUT2D eigenvalue weighted by Crippen LogP contribution is 2.52. The maximum Gasteiger partial charge on any atom is 0.266 e. The van der Waals surface area contributed by atoms with E-state index in [4.69, 9.17) is 19.0 Å². The van der Waals surface area contributed by atoms with Gasteiger partial charge in [-0.05, 0) is 36.4 Å². The van der Waals surface area contributed by atoms with Crippen LogP contribution in [0.2, 0.25) is 0 Å². The average Bonchev–Trinajstić information content (AvgIpc) is 3.39. The zero-order valence-corrected chi connectivity index (χ0v) is 19.3. The summed E-state index contributed by atoms with van der Waals surface area (Å²) in [5.41, 5.74) is 1.09. The number of ether oxygens (including phenoxy) is 3. The van der Waals surface area contributed by atoms with Gasteiger partial charge in [-0.15, -0.1) is 0 Å². The Morgan fingerprint density at radius 1 is 0.800 bits per heavy atom. The molecule has 2 saturated heterocycles. The number of carbonyl (C=O) groups is 2. The second-order valence-corrected chi connectivity index (χ2v) is 8.04. The van der Waals surface area contributed by atoms with Crippen LogP contribution in [0, 0.1) is 11.7 Å². The lowest BCUT2D eigenvalue weighted by Crippen LogP contribution is -2.38. The fourth-order valence-corrected chi connectivity index (χ4v) is 4.76. The van der Waals surface area contributed by atoms with Crippen LogP contribution < -0.4 is 24.2 Å². The first kappa shape index (κ1) is 22.7. The van der Waals surface area contributed by atoms with Crippen molar-refractivity contribution in [2.24, 2.45) is 5.92 Å². The first-order valence-electron chi connectivity index (χ1n) is 10.9. The zero-order chi connectivity index (χ0) is 24.7. The molecule has 2 heterocycles. The van der Waals surface area contributed by atoms with Crippen LogP contribution in [-0.4, -0.2) is 39.2 Å². The second-order valence-electron chi connectivity index (χ2n) is 8.04. The van der Waals surface area contributed by atoms with E-state index in [1.807, 2.05) is 30.3 Å². The number of fused-ring (bicyclic) bond motifs is 1. The van der Waals surface area contributed by atoms with Crippen LogP contribution in [0.4, 0.5) is 15.8 Å². The molecular formula is C26H23FN2O6. The van der Waals surface area contributed by atoms with E-state index < -0.39 is 35.7 Å². The Morgan fingerprint density at radius 3 is 2.14 bits per heavy atom. The van der Waals surface area contributed by atoms with E-state index in [-0.39, 0.29) is 5.69 Å². The summed E-state index contributed by atoms with van der Waals surface area (Å²) in [4.78, 5) is 34.1. The summed E-state index contributed by atoms with van der Waals surface area (Å²) in [5, 5.41) is 1.54. The Bertz CT molecular complexity index is 1280. The number of hydroxylamine groups is 1. The van der Waals surface area contributed by atoms with Gasteiger partial charge in [0, 0.05) is 5.56 Å². The number of carbonyl (C=O) groups excluding carboxylic acids is 2. The summed E-state index contributed by atoms with van der Waals surface area (Å²) in [6, 6.07) is 17.5. The normalized spacial score (nSPS) is 21.3. The Labute approximate surface area is 201 Å². The fraction of sp³-hybridized carbons (Fsp3) is 0.231. The molecular weight excluding hydrogens is 455 g/mol. The first-order chi connectivity index (χ1) is 17.0. The molecule has 9 heteroatoms. The largest absolute Gasteiger partial charge is 0.493 e. The summed E-state index contributed by atoms with van der Waals surface area (Å²) < 4.78 is 31.2. The minimum Gasteiger partial charge on any atom is -0.493 e. The number of methoxy groups -OCH3 is 3. The van der Waals surface area contributed by atoms with Crippen molar-refractivity contribution in [3.63, 3.8) is 0 Å². The SMILES string of the molecule is COc1ccc([C@@H]2[C@H]3C(=O)N(c4ccccc4F)C(=O)[C@@H]3ON2c2ccccc2)c(OC)c1OC. The number of nitrogens with zero attached hydrogens (tertiary/aromatic N) is 2. The van der Waals surface area contributed by atoms with Crippen LogP contribution in [0.5, 0.6) is 17.2 Å². The van der Waals surface area contributed by atoms with Crippen molar-refractivity contribution in [3.05, 3.63) is 78.1 Å². The quantitative estimate of drug-likeness (QED) is 0.498. The van der Waals surface area contributed by atoms with Crippen LogP contribution >= 0.6 is 0 Å². The van der Waals surface area contributed by atoms with E-state index in [0.717, 1.165) is 4.90 Å². The number of para-hydroxylation sites is 2. The molecule has 35 heavy (non-hydrogen) atoms. The topological polar surface area (TPSA) is 77.5 Å². The third-order valence-corrected chi connectivity index (χ3v) is 6.27. The van der Waals surface area contributed by atoms with Gasteiger partial charge in [-0.2, -0.15) is 0 Å². The molecule has 8 nitrogen and oxygen atoms in total. The number of halogens is 1. The molecule has 2 fully saturated rings. The molecule has 2 aliphatic rings. The molecule has 0 aliphatic carbocycles. The van der Waals surface area contributed by atoms with Crippen molar-refractivity contribution in [2.45, 2.75) is 12.1 Å². The first-order valence-corrected chi connectivity index (χ1v) is 10.9. The predicted octanol–water partition coefficient (Wildman–Crippen LogP) is 3.90. The molecule has 3 aromatic carbocycles. The average molecular weight is 478 g/mol. The molecule has 0 unspecified atom stereocenters. The molecule has 5 rings (SSSR count). The van der Waals surface area contributed by atoms with Gasteiger partial charge in [0.1, 0.15) is 17.8 Å². The summed E-state index contributed by atoms with van der Waals surface area (Å²) in [5.74, 6) is -1.71. The number of hydrogen-bond acceptors (Lipinski definition) is 7. The third kappa shape index (κ3) is 3.47. The van der Waals surface area contributed by atoms with Crippen molar-refractivity contribution in [3.8, 4) is 17.2 Å². The maximum atomic E-state index is 14.6. The highest BCUT2D eigenvalue weighted by atomic mass is 19.1. The summed E-state index contributed by atoms with van der Waals surface area (Å²) in [7, 11) is 4.47. The maximum absolute atomic E-state index is 14.6. The molecule has 0 bridgehead atoms. The highest BCUT2D eigenvalue weighted by Gasteiger charge is 2.61. The van der Waals surface area contributed by atoms with E-state index in [9.17, 15) is 14.0 Å². The van der Waals surface area contributed by atoms with Crippen molar-refractivity contribution >= 4 is 23.2 Å². The van der Waals surface area contributed by atoms with Crippen molar-refractivity contribution in [1.82, 2.24) is 0 Å². The number of amides is 2. The van der Waals surface area contributed by atoms with Crippen LogP contribution in [0.15, 0.2) is 66.7 Å². The van der Waals surface area contributed by atoms with E-state index >= 15 is 0 Å². The number of benzene rings is 3. The molecule has 2 amide bonds. The van der Waals surface area contributed by atoms with E-state index in [2.05, 4.69) is 0 Å². The van der Waals surface area contributed by atoms with Gasteiger partial charge >= 0.3 is 0 Å². The molecule has 3 aromatic rings. The minimum atomic E-state index is -1.15. The second kappa shape index (κ2) is 8.92. The highest BCUT2D eigenvalue weighted by molar-refractivity contribution is 6.24. The Kier molecular flexibility index (Phi) is 5.78.